The molecule has 2 aromatic rings. The van der Waals surface area contributed by atoms with Gasteiger partial charge in [0.1, 0.15) is 4.88 Å². The van der Waals surface area contributed by atoms with Crippen molar-refractivity contribution in [2.75, 3.05) is 0 Å². The fourth-order valence-electron chi connectivity index (χ4n) is 1.47. The molecule has 19 heavy (non-hydrogen) atoms. The summed E-state index contributed by atoms with van der Waals surface area (Å²) >= 11 is 0.677. The van der Waals surface area contributed by atoms with E-state index in [1.54, 1.807) is 24.3 Å². The Morgan fingerprint density at radius 1 is 1.26 bits per heavy atom. The molecule has 0 unspecified atom stereocenters. The third-order valence-electron chi connectivity index (χ3n) is 2.34. The zero-order valence-corrected chi connectivity index (χ0v) is 10.4. The van der Waals surface area contributed by atoms with Crippen LogP contribution in [0.25, 0.3) is 0 Å². The van der Waals surface area contributed by atoms with Crippen molar-refractivity contribution in [3.05, 3.63) is 52.0 Å². The first-order valence-electron chi connectivity index (χ1n) is 5.31. The summed E-state index contributed by atoms with van der Waals surface area (Å²) in [6, 6.07) is 8.94. The van der Waals surface area contributed by atoms with Gasteiger partial charge in [0.05, 0.1) is 5.51 Å². The molecule has 100 valence electrons. The maximum Gasteiger partial charge on any atom is 0.434 e. The summed E-state index contributed by atoms with van der Waals surface area (Å²) in [7, 11) is 0. The number of nitrogens with zero attached hydrogens (tertiary/aromatic N) is 1. The van der Waals surface area contributed by atoms with Gasteiger partial charge in [-0.1, -0.05) is 30.3 Å². The number of rotatable bonds is 3. The smallest absolute Gasteiger partial charge is 0.347 e. The first kappa shape index (κ1) is 13.5. The van der Waals surface area contributed by atoms with Gasteiger partial charge < -0.3 is 5.32 Å². The predicted octanol–water partition coefficient (Wildman–Crippen LogP) is 3.09. The Morgan fingerprint density at radius 3 is 2.58 bits per heavy atom. The first-order valence-corrected chi connectivity index (χ1v) is 6.19. The van der Waals surface area contributed by atoms with Gasteiger partial charge in [-0.05, 0) is 5.56 Å². The summed E-state index contributed by atoms with van der Waals surface area (Å²) in [6.07, 6.45) is -4.61. The van der Waals surface area contributed by atoms with Crippen LogP contribution in [0.15, 0.2) is 35.8 Å². The molecular formula is C12H9F3N2OS. The van der Waals surface area contributed by atoms with Crippen LogP contribution in [-0.2, 0) is 12.7 Å². The second-order valence-electron chi connectivity index (χ2n) is 3.70. The topological polar surface area (TPSA) is 42.0 Å². The quantitative estimate of drug-likeness (QED) is 0.942. The van der Waals surface area contributed by atoms with Gasteiger partial charge in [-0.3, -0.25) is 4.79 Å². The number of amides is 1. The molecule has 1 heterocycles. The highest BCUT2D eigenvalue weighted by molar-refractivity contribution is 7.11. The summed E-state index contributed by atoms with van der Waals surface area (Å²) in [5.41, 5.74) is 0.692. The van der Waals surface area contributed by atoms with Gasteiger partial charge in [-0.15, -0.1) is 11.3 Å². The van der Waals surface area contributed by atoms with Crippen LogP contribution in [0.3, 0.4) is 0 Å². The van der Waals surface area contributed by atoms with Gasteiger partial charge in [0.15, 0.2) is 5.69 Å². The van der Waals surface area contributed by atoms with Crippen LogP contribution >= 0.6 is 11.3 Å². The number of alkyl halides is 3. The standard InChI is InChI=1S/C12H9F3N2OS/c13-12(14,15)10-9(19-7-17-10)11(18)16-6-8-4-2-1-3-5-8/h1-5,7H,6H2,(H,16,18). The molecule has 0 aliphatic rings. The van der Waals surface area contributed by atoms with Crippen molar-refractivity contribution in [1.29, 1.82) is 0 Å². The average molecular weight is 286 g/mol. The van der Waals surface area contributed by atoms with E-state index in [0.29, 0.717) is 11.3 Å². The zero-order chi connectivity index (χ0) is 13.9. The molecule has 1 aromatic carbocycles. The second kappa shape index (κ2) is 5.40. The first-order chi connectivity index (χ1) is 8.98. The molecule has 2 rings (SSSR count). The summed E-state index contributed by atoms with van der Waals surface area (Å²) in [4.78, 5) is 14.5. The van der Waals surface area contributed by atoms with Crippen molar-refractivity contribution in [3.63, 3.8) is 0 Å². The van der Waals surface area contributed by atoms with Crippen LogP contribution in [-0.4, -0.2) is 10.9 Å². The lowest BCUT2D eigenvalue weighted by Crippen LogP contribution is -2.24. The Morgan fingerprint density at radius 2 is 1.95 bits per heavy atom. The Balaban J connectivity index is 2.07. The van der Waals surface area contributed by atoms with E-state index in [4.69, 9.17) is 0 Å². The minimum Gasteiger partial charge on any atom is -0.347 e. The molecule has 0 bridgehead atoms. The van der Waals surface area contributed by atoms with E-state index in [2.05, 4.69) is 10.3 Å². The molecule has 7 heteroatoms. The maximum absolute atomic E-state index is 12.6. The van der Waals surface area contributed by atoms with E-state index in [-0.39, 0.29) is 6.54 Å². The van der Waals surface area contributed by atoms with Crippen LogP contribution in [0.1, 0.15) is 20.9 Å². The highest BCUT2D eigenvalue weighted by atomic mass is 32.1. The lowest BCUT2D eigenvalue weighted by Gasteiger charge is -2.07. The molecule has 0 fully saturated rings. The second-order valence-corrected chi connectivity index (χ2v) is 4.55. The van der Waals surface area contributed by atoms with Gasteiger partial charge in [-0.25, -0.2) is 4.98 Å². The van der Waals surface area contributed by atoms with Crippen molar-refractivity contribution in [2.45, 2.75) is 12.7 Å². The van der Waals surface area contributed by atoms with Crippen LogP contribution in [0.4, 0.5) is 13.2 Å². The number of halogens is 3. The number of carbonyl (C=O) groups is 1. The summed E-state index contributed by atoms with van der Waals surface area (Å²) in [6.45, 7) is 0.175. The number of aromatic nitrogens is 1. The lowest BCUT2D eigenvalue weighted by atomic mass is 10.2. The van der Waals surface area contributed by atoms with E-state index in [0.717, 1.165) is 11.1 Å². The lowest BCUT2D eigenvalue weighted by molar-refractivity contribution is -0.141. The number of hydrogen-bond acceptors (Lipinski definition) is 3. The maximum atomic E-state index is 12.6. The third kappa shape index (κ3) is 3.31. The van der Waals surface area contributed by atoms with Gasteiger partial charge in [0.25, 0.3) is 5.91 Å². The van der Waals surface area contributed by atoms with Gasteiger partial charge in [0, 0.05) is 6.54 Å². The molecule has 3 nitrogen and oxygen atoms in total. The molecule has 0 aliphatic heterocycles. The minimum atomic E-state index is -4.61. The number of carbonyl (C=O) groups excluding carboxylic acids is 1. The Hall–Kier alpha value is -1.89. The van der Waals surface area contributed by atoms with Crippen molar-refractivity contribution in [1.82, 2.24) is 10.3 Å². The van der Waals surface area contributed by atoms with Crippen LogP contribution in [0.2, 0.25) is 0 Å². The predicted molar refractivity (Wildman–Crippen MR) is 64.7 cm³/mol. The van der Waals surface area contributed by atoms with Gasteiger partial charge in [0.2, 0.25) is 0 Å². The molecular weight excluding hydrogens is 277 g/mol. The molecule has 0 aliphatic carbocycles. The number of benzene rings is 1. The van der Waals surface area contributed by atoms with E-state index in [1.165, 1.54) is 0 Å². The molecule has 0 radical (unpaired) electrons. The average Bonchev–Trinajstić information content (AvgIpc) is 2.86. The van der Waals surface area contributed by atoms with Crippen molar-refractivity contribution in [3.8, 4) is 0 Å². The fourth-order valence-corrected chi connectivity index (χ4v) is 2.19. The number of hydrogen-bond donors (Lipinski definition) is 1. The highest BCUT2D eigenvalue weighted by Gasteiger charge is 2.38. The molecule has 0 atom stereocenters. The minimum absolute atomic E-state index is 0.175. The van der Waals surface area contributed by atoms with Crippen LogP contribution in [0, 0.1) is 0 Å². The molecule has 0 saturated carbocycles. The van der Waals surface area contributed by atoms with E-state index < -0.39 is 22.7 Å². The largest absolute Gasteiger partial charge is 0.434 e. The molecule has 1 amide bonds. The Bertz CT molecular complexity index is 566. The van der Waals surface area contributed by atoms with Crippen molar-refractivity contribution < 1.29 is 18.0 Å². The summed E-state index contributed by atoms with van der Waals surface area (Å²) in [5, 5.41) is 2.45. The summed E-state index contributed by atoms with van der Waals surface area (Å²) < 4.78 is 37.7. The Labute approximate surface area is 111 Å². The van der Waals surface area contributed by atoms with E-state index in [9.17, 15) is 18.0 Å². The van der Waals surface area contributed by atoms with E-state index >= 15 is 0 Å². The van der Waals surface area contributed by atoms with Gasteiger partial charge >= 0.3 is 6.18 Å². The van der Waals surface area contributed by atoms with Crippen molar-refractivity contribution in [2.24, 2.45) is 0 Å². The molecule has 0 saturated heterocycles. The number of thiazole rings is 1. The molecule has 1 aromatic heterocycles. The SMILES string of the molecule is O=C(NCc1ccccc1)c1scnc1C(F)(F)F. The number of nitrogens with one attached hydrogen (secondary N) is 1. The van der Waals surface area contributed by atoms with E-state index in [1.807, 2.05) is 6.07 Å². The Kier molecular flexibility index (Phi) is 3.84. The van der Waals surface area contributed by atoms with Crippen molar-refractivity contribution >= 4 is 17.2 Å². The van der Waals surface area contributed by atoms with Crippen LogP contribution in [0.5, 0.6) is 0 Å². The highest BCUT2D eigenvalue weighted by Crippen LogP contribution is 2.32. The third-order valence-corrected chi connectivity index (χ3v) is 3.16. The normalized spacial score (nSPS) is 11.3. The monoisotopic (exact) mass is 286 g/mol. The van der Waals surface area contributed by atoms with Gasteiger partial charge in [-0.2, -0.15) is 13.2 Å². The molecule has 0 spiro atoms. The van der Waals surface area contributed by atoms with Crippen LogP contribution < -0.4 is 5.32 Å². The summed E-state index contributed by atoms with van der Waals surface area (Å²) in [5.74, 6) is -0.765. The zero-order valence-electron chi connectivity index (χ0n) is 9.57. The fraction of sp³-hybridized carbons (Fsp3) is 0.167. The molecule has 1 N–H and O–H groups in total.